The quantitative estimate of drug-likeness (QED) is 0.854. The number of hydrogen-bond acceptors (Lipinski definition) is 3. The molecule has 0 aromatic carbocycles. The molecule has 4 nitrogen and oxygen atoms in total. The highest BCUT2D eigenvalue weighted by molar-refractivity contribution is 9.10. The van der Waals surface area contributed by atoms with E-state index in [-0.39, 0.29) is 22.8 Å². The zero-order chi connectivity index (χ0) is 16.1. The summed E-state index contributed by atoms with van der Waals surface area (Å²) in [6.07, 6.45) is -1.15. The molecule has 1 aromatic rings. The molecular weight excluding hydrogens is 365 g/mol. The Kier molecular flexibility index (Phi) is 3.62. The first-order chi connectivity index (χ1) is 10.2. The molecule has 2 heterocycles. The van der Waals surface area contributed by atoms with Crippen molar-refractivity contribution in [3.8, 4) is 0 Å². The molecule has 1 aromatic heterocycles. The lowest BCUT2D eigenvalue weighted by molar-refractivity contribution is -0.149. The number of carbonyl (C=O) groups is 1. The molecule has 0 spiro atoms. The fourth-order valence-corrected chi connectivity index (χ4v) is 4.02. The maximum Gasteiger partial charge on any atom is 0.419 e. The number of anilines is 1. The largest absolute Gasteiger partial charge is 0.481 e. The van der Waals surface area contributed by atoms with Crippen molar-refractivity contribution in [2.75, 3.05) is 18.0 Å². The van der Waals surface area contributed by atoms with E-state index in [1.165, 1.54) is 11.1 Å². The average Bonchev–Trinajstić information content (AvgIpc) is 2.95. The van der Waals surface area contributed by atoms with Crippen LogP contribution in [0.25, 0.3) is 0 Å². The predicted molar refractivity (Wildman–Crippen MR) is 76.6 cm³/mol. The van der Waals surface area contributed by atoms with Gasteiger partial charge in [0, 0.05) is 23.8 Å². The van der Waals surface area contributed by atoms with Crippen molar-refractivity contribution < 1.29 is 23.1 Å². The first-order valence-corrected chi connectivity index (χ1v) is 7.74. The molecule has 8 heteroatoms. The van der Waals surface area contributed by atoms with E-state index < -0.39 is 23.1 Å². The van der Waals surface area contributed by atoms with Gasteiger partial charge in [-0.2, -0.15) is 13.2 Å². The number of aliphatic carboxylic acids is 1. The summed E-state index contributed by atoms with van der Waals surface area (Å²) in [6.45, 7) is 0.398. The Hall–Kier alpha value is -1.31. The van der Waals surface area contributed by atoms with Crippen LogP contribution in [0.15, 0.2) is 16.7 Å². The highest BCUT2D eigenvalue weighted by atomic mass is 79.9. The Morgan fingerprint density at radius 1 is 1.50 bits per heavy atom. The normalized spacial score (nSPS) is 28.0. The molecule has 0 bridgehead atoms. The summed E-state index contributed by atoms with van der Waals surface area (Å²) >= 11 is 3.00. The van der Waals surface area contributed by atoms with Crippen molar-refractivity contribution in [3.05, 3.63) is 22.3 Å². The minimum absolute atomic E-state index is 0.0880. The molecule has 120 valence electrons. The summed E-state index contributed by atoms with van der Waals surface area (Å²) in [7, 11) is 0. The van der Waals surface area contributed by atoms with Crippen molar-refractivity contribution in [1.82, 2.24) is 4.98 Å². The lowest BCUT2D eigenvalue weighted by atomic mass is 9.81. The number of aromatic nitrogens is 1. The maximum atomic E-state index is 13.2. The van der Waals surface area contributed by atoms with E-state index in [1.54, 1.807) is 0 Å². The zero-order valence-corrected chi connectivity index (χ0v) is 13.1. The molecular formula is C14H14BrF3N2O2. The second kappa shape index (κ2) is 5.11. The number of halogens is 4. The van der Waals surface area contributed by atoms with Gasteiger partial charge >= 0.3 is 12.1 Å². The van der Waals surface area contributed by atoms with Gasteiger partial charge < -0.3 is 10.0 Å². The van der Waals surface area contributed by atoms with E-state index in [1.807, 2.05) is 0 Å². The fraction of sp³-hybridized carbons (Fsp3) is 0.571. The van der Waals surface area contributed by atoms with E-state index in [9.17, 15) is 23.1 Å². The summed E-state index contributed by atoms with van der Waals surface area (Å²) < 4.78 is 39.9. The number of hydrogen-bond donors (Lipinski definition) is 1. The summed E-state index contributed by atoms with van der Waals surface area (Å²) in [4.78, 5) is 17.0. The Morgan fingerprint density at radius 3 is 2.82 bits per heavy atom. The van der Waals surface area contributed by atoms with E-state index in [0.29, 0.717) is 13.0 Å². The van der Waals surface area contributed by atoms with Gasteiger partial charge in [0.1, 0.15) is 5.82 Å². The SMILES string of the molecule is O=C(O)[C@@]12CCC[C@H]1CN(c1ncc(Br)cc1C(F)(F)F)C2. The average molecular weight is 379 g/mol. The van der Waals surface area contributed by atoms with Gasteiger partial charge in [0.2, 0.25) is 0 Å². The van der Waals surface area contributed by atoms with Crippen molar-refractivity contribution in [1.29, 1.82) is 0 Å². The maximum absolute atomic E-state index is 13.2. The van der Waals surface area contributed by atoms with Crippen LogP contribution < -0.4 is 4.90 Å². The molecule has 1 N–H and O–H groups in total. The molecule has 2 atom stereocenters. The highest BCUT2D eigenvalue weighted by Gasteiger charge is 2.55. The molecule has 0 radical (unpaired) electrons. The third kappa shape index (κ3) is 2.37. The summed E-state index contributed by atoms with van der Waals surface area (Å²) in [5, 5.41) is 9.54. The van der Waals surface area contributed by atoms with Crippen LogP contribution in [0.2, 0.25) is 0 Å². The molecule has 0 unspecified atom stereocenters. The van der Waals surface area contributed by atoms with Crippen molar-refractivity contribution in [2.24, 2.45) is 11.3 Å². The molecule has 1 saturated heterocycles. The van der Waals surface area contributed by atoms with Gasteiger partial charge in [0.15, 0.2) is 0 Å². The van der Waals surface area contributed by atoms with Gasteiger partial charge in [-0.15, -0.1) is 0 Å². The number of pyridine rings is 1. The summed E-state index contributed by atoms with van der Waals surface area (Å²) in [6, 6.07) is 0.990. The summed E-state index contributed by atoms with van der Waals surface area (Å²) in [5.74, 6) is -1.20. The fourth-order valence-electron chi connectivity index (χ4n) is 3.69. The Labute approximate surface area is 133 Å². The minimum atomic E-state index is -4.53. The lowest BCUT2D eigenvalue weighted by Crippen LogP contribution is -2.36. The number of fused-ring (bicyclic) bond motifs is 1. The van der Waals surface area contributed by atoms with Crippen molar-refractivity contribution >= 4 is 27.7 Å². The van der Waals surface area contributed by atoms with Crippen LogP contribution in [-0.4, -0.2) is 29.1 Å². The number of carboxylic acids is 1. The third-order valence-electron chi connectivity index (χ3n) is 4.73. The molecule has 1 aliphatic heterocycles. The van der Waals surface area contributed by atoms with E-state index in [4.69, 9.17) is 0 Å². The summed E-state index contributed by atoms with van der Waals surface area (Å²) in [5.41, 5.74) is -1.76. The second-order valence-electron chi connectivity index (χ2n) is 5.95. The first-order valence-electron chi connectivity index (χ1n) is 6.95. The van der Waals surface area contributed by atoms with E-state index >= 15 is 0 Å². The van der Waals surface area contributed by atoms with Crippen LogP contribution in [0.5, 0.6) is 0 Å². The van der Waals surface area contributed by atoms with Crippen LogP contribution in [-0.2, 0) is 11.0 Å². The van der Waals surface area contributed by atoms with Crippen molar-refractivity contribution in [3.63, 3.8) is 0 Å². The smallest absolute Gasteiger partial charge is 0.419 e. The lowest BCUT2D eigenvalue weighted by Gasteiger charge is -2.25. The minimum Gasteiger partial charge on any atom is -0.481 e. The van der Waals surface area contributed by atoms with Crippen LogP contribution in [0.1, 0.15) is 24.8 Å². The van der Waals surface area contributed by atoms with Crippen molar-refractivity contribution in [2.45, 2.75) is 25.4 Å². The Bertz CT molecular complexity index is 623. The first kappa shape index (κ1) is 15.6. The third-order valence-corrected chi connectivity index (χ3v) is 5.17. The highest BCUT2D eigenvalue weighted by Crippen LogP contribution is 2.50. The topological polar surface area (TPSA) is 53.4 Å². The van der Waals surface area contributed by atoms with Crippen LogP contribution in [0.3, 0.4) is 0 Å². The van der Waals surface area contributed by atoms with Gasteiger partial charge in [0.25, 0.3) is 0 Å². The number of rotatable bonds is 2. The zero-order valence-electron chi connectivity index (χ0n) is 11.5. The number of alkyl halides is 3. The van der Waals surface area contributed by atoms with Crippen LogP contribution in [0, 0.1) is 11.3 Å². The molecule has 1 saturated carbocycles. The molecule has 1 aliphatic carbocycles. The molecule has 2 aliphatic rings. The van der Waals surface area contributed by atoms with Gasteiger partial charge in [-0.1, -0.05) is 6.42 Å². The second-order valence-corrected chi connectivity index (χ2v) is 6.87. The molecule has 22 heavy (non-hydrogen) atoms. The van der Waals surface area contributed by atoms with Crippen LogP contribution in [0.4, 0.5) is 19.0 Å². The van der Waals surface area contributed by atoms with Gasteiger partial charge in [-0.05, 0) is 40.8 Å². The molecule has 2 fully saturated rings. The number of nitrogens with zero attached hydrogens (tertiary/aromatic N) is 2. The van der Waals surface area contributed by atoms with E-state index in [0.717, 1.165) is 18.9 Å². The van der Waals surface area contributed by atoms with Gasteiger partial charge in [0.05, 0.1) is 11.0 Å². The van der Waals surface area contributed by atoms with Gasteiger partial charge in [-0.25, -0.2) is 4.98 Å². The molecule has 3 rings (SSSR count). The number of carboxylic acid groups (broad SMARTS) is 1. The monoisotopic (exact) mass is 378 g/mol. The van der Waals surface area contributed by atoms with Crippen LogP contribution >= 0.6 is 15.9 Å². The van der Waals surface area contributed by atoms with Gasteiger partial charge in [-0.3, -0.25) is 4.79 Å². The van der Waals surface area contributed by atoms with E-state index in [2.05, 4.69) is 20.9 Å². The Morgan fingerprint density at radius 2 is 2.23 bits per heavy atom. The standard InChI is InChI=1S/C14H14BrF3N2O2/c15-9-4-10(14(16,17)18)11(19-5-9)20-6-8-2-1-3-13(8,7-20)12(21)22/h4-5,8H,1-3,6-7H2,(H,21,22)/t8-,13+/m0/s1. The predicted octanol–water partition coefficient (Wildman–Crippen LogP) is 3.55. The molecule has 0 amide bonds. The Balaban J connectivity index is 1.99.